The molecule has 0 unspecified atom stereocenters. The molecule has 0 bridgehead atoms. The molecule has 4 rings (SSSR count). The number of piperidine rings is 1. The molecule has 1 aliphatic rings. The normalized spacial score (nSPS) is 13.8. The van der Waals surface area contributed by atoms with Gasteiger partial charge >= 0.3 is 0 Å². The van der Waals surface area contributed by atoms with E-state index >= 15 is 0 Å². The van der Waals surface area contributed by atoms with Gasteiger partial charge in [-0.15, -0.1) is 0 Å². The molecule has 7 nitrogen and oxygen atoms in total. The highest BCUT2D eigenvalue weighted by atomic mass is 16.2. The van der Waals surface area contributed by atoms with Crippen LogP contribution in [0.2, 0.25) is 0 Å². The third kappa shape index (κ3) is 4.30. The van der Waals surface area contributed by atoms with E-state index in [1.807, 2.05) is 54.4 Å². The minimum absolute atomic E-state index is 0.00938. The molecular weight excluding hydrogens is 390 g/mol. The van der Waals surface area contributed by atoms with Crippen molar-refractivity contribution in [1.29, 1.82) is 5.41 Å². The number of carbonyl (C=O) groups excluding carboxylic acids is 1. The van der Waals surface area contributed by atoms with Crippen molar-refractivity contribution in [3.8, 4) is 0 Å². The van der Waals surface area contributed by atoms with Gasteiger partial charge in [0.15, 0.2) is 0 Å². The fraction of sp³-hybridized carbons (Fsp3) is 0.292. The summed E-state index contributed by atoms with van der Waals surface area (Å²) < 4.78 is 1.50. The van der Waals surface area contributed by atoms with E-state index in [-0.39, 0.29) is 18.0 Å². The van der Waals surface area contributed by atoms with E-state index in [9.17, 15) is 9.59 Å². The minimum atomic E-state index is -0.190. The summed E-state index contributed by atoms with van der Waals surface area (Å²) in [5, 5.41) is 15.4. The summed E-state index contributed by atoms with van der Waals surface area (Å²) >= 11 is 0. The number of carbonyl (C=O) groups is 1. The predicted molar refractivity (Wildman–Crippen MR) is 126 cm³/mol. The van der Waals surface area contributed by atoms with Crippen LogP contribution in [0.4, 0.5) is 17.1 Å². The molecule has 31 heavy (non-hydrogen) atoms. The first-order chi connectivity index (χ1) is 15.1. The van der Waals surface area contributed by atoms with Crippen molar-refractivity contribution in [1.82, 2.24) is 9.47 Å². The van der Waals surface area contributed by atoms with Crippen LogP contribution in [0.3, 0.4) is 0 Å². The lowest BCUT2D eigenvalue weighted by Crippen LogP contribution is -2.39. The summed E-state index contributed by atoms with van der Waals surface area (Å²) in [7, 11) is 1.81. The van der Waals surface area contributed by atoms with Gasteiger partial charge in [-0.05, 0) is 55.0 Å². The van der Waals surface area contributed by atoms with Crippen LogP contribution in [0.5, 0.6) is 0 Å². The van der Waals surface area contributed by atoms with E-state index in [2.05, 4.69) is 10.6 Å². The number of fused-ring (bicyclic) bond motifs is 1. The molecule has 1 amide bonds. The van der Waals surface area contributed by atoms with Gasteiger partial charge in [-0.3, -0.25) is 9.59 Å². The number of pyridine rings is 1. The van der Waals surface area contributed by atoms with Crippen molar-refractivity contribution in [2.45, 2.75) is 25.8 Å². The number of benzene rings is 2. The molecule has 0 spiro atoms. The largest absolute Gasteiger partial charge is 0.388 e. The third-order valence-corrected chi connectivity index (χ3v) is 5.78. The number of nitrogens with one attached hydrogen (secondary N) is 3. The average Bonchev–Trinajstić information content (AvgIpc) is 2.81. The predicted octanol–water partition coefficient (Wildman–Crippen LogP) is 3.80. The molecule has 7 heteroatoms. The number of amides is 1. The van der Waals surface area contributed by atoms with Gasteiger partial charge in [0.2, 0.25) is 5.91 Å². The Labute approximate surface area is 181 Å². The molecule has 2 aromatic carbocycles. The van der Waals surface area contributed by atoms with Crippen LogP contribution in [0.1, 0.15) is 24.8 Å². The van der Waals surface area contributed by atoms with E-state index in [4.69, 9.17) is 5.41 Å². The first-order valence-electron chi connectivity index (χ1n) is 10.6. The maximum atomic E-state index is 13.3. The smallest absolute Gasteiger partial charge is 0.261 e. The van der Waals surface area contributed by atoms with Crippen LogP contribution in [0.15, 0.2) is 53.5 Å². The number of hydrogen-bond donors (Lipinski definition) is 3. The maximum Gasteiger partial charge on any atom is 0.261 e. The monoisotopic (exact) mass is 417 g/mol. The van der Waals surface area contributed by atoms with Gasteiger partial charge in [-0.2, -0.15) is 0 Å². The van der Waals surface area contributed by atoms with Crippen molar-refractivity contribution in [3.63, 3.8) is 0 Å². The van der Waals surface area contributed by atoms with Crippen LogP contribution in [0, 0.1) is 5.41 Å². The van der Waals surface area contributed by atoms with Gasteiger partial charge in [0.05, 0.1) is 11.1 Å². The number of likely N-dealkylation sites (tertiary alicyclic amines) is 1. The van der Waals surface area contributed by atoms with Gasteiger partial charge in [0.25, 0.3) is 5.56 Å². The second-order valence-electron chi connectivity index (χ2n) is 7.78. The quantitative estimate of drug-likeness (QED) is 0.532. The lowest BCUT2D eigenvalue weighted by atomic mass is 10.1. The Morgan fingerprint density at radius 3 is 2.65 bits per heavy atom. The number of aromatic nitrogens is 1. The first kappa shape index (κ1) is 20.7. The molecule has 0 atom stereocenters. The molecule has 1 aromatic heterocycles. The summed E-state index contributed by atoms with van der Waals surface area (Å²) in [6.45, 7) is 1.59. The summed E-state index contributed by atoms with van der Waals surface area (Å²) in [5.74, 6) is -0.00938. The Hall–Kier alpha value is -3.61. The summed E-state index contributed by atoms with van der Waals surface area (Å²) in [5.41, 5.74) is 2.87. The number of nitrogens with zero attached hydrogens (tertiary/aromatic N) is 2. The van der Waals surface area contributed by atoms with Crippen LogP contribution < -0.4 is 16.2 Å². The molecule has 3 N–H and O–H groups in total. The van der Waals surface area contributed by atoms with Crippen molar-refractivity contribution in [3.05, 3.63) is 64.6 Å². The van der Waals surface area contributed by atoms with Gasteiger partial charge < -0.3 is 25.5 Å². The number of rotatable bonds is 6. The van der Waals surface area contributed by atoms with E-state index < -0.39 is 0 Å². The Morgan fingerprint density at radius 2 is 1.90 bits per heavy atom. The summed E-state index contributed by atoms with van der Waals surface area (Å²) in [6, 6.07) is 13.2. The number of hydrogen-bond acceptors (Lipinski definition) is 5. The topological polar surface area (TPSA) is 90.2 Å². The Kier molecular flexibility index (Phi) is 6.02. The van der Waals surface area contributed by atoms with E-state index in [1.54, 1.807) is 6.20 Å². The van der Waals surface area contributed by atoms with Crippen molar-refractivity contribution in [2.24, 2.45) is 0 Å². The molecule has 3 aromatic rings. The van der Waals surface area contributed by atoms with Gasteiger partial charge in [0, 0.05) is 49.5 Å². The Balaban J connectivity index is 1.67. The summed E-state index contributed by atoms with van der Waals surface area (Å²) in [6.07, 6.45) is 6.20. The van der Waals surface area contributed by atoms with Crippen molar-refractivity contribution >= 4 is 40.0 Å². The number of anilines is 3. The van der Waals surface area contributed by atoms with E-state index in [1.165, 1.54) is 10.8 Å². The Morgan fingerprint density at radius 1 is 1.10 bits per heavy atom. The van der Waals surface area contributed by atoms with Gasteiger partial charge in [-0.25, -0.2) is 0 Å². The van der Waals surface area contributed by atoms with E-state index in [0.29, 0.717) is 11.1 Å². The minimum Gasteiger partial charge on any atom is -0.388 e. The van der Waals surface area contributed by atoms with E-state index in [0.717, 1.165) is 54.7 Å². The molecular formula is C24H27N5O2. The third-order valence-electron chi connectivity index (χ3n) is 5.78. The zero-order chi connectivity index (χ0) is 21.8. The molecule has 1 saturated heterocycles. The highest BCUT2D eigenvalue weighted by Crippen LogP contribution is 2.26. The van der Waals surface area contributed by atoms with Gasteiger partial charge in [-0.1, -0.05) is 12.1 Å². The standard InChI is InChI=1S/C24H27N5O2/c1-26-20-9-8-19(14-18(20)15-25)27-21-7-5-6-17-10-13-29(24(31)23(17)21)16-22(30)28-11-3-2-4-12-28/h5-10,13-15,25-27H,2-4,11-12,16H2,1H3. The van der Waals surface area contributed by atoms with Crippen molar-refractivity contribution in [2.75, 3.05) is 30.8 Å². The fourth-order valence-electron chi connectivity index (χ4n) is 4.09. The fourth-order valence-corrected chi connectivity index (χ4v) is 4.09. The first-order valence-corrected chi connectivity index (χ1v) is 10.6. The van der Waals surface area contributed by atoms with Crippen LogP contribution in [0.25, 0.3) is 10.8 Å². The van der Waals surface area contributed by atoms with Crippen LogP contribution in [-0.2, 0) is 11.3 Å². The maximum absolute atomic E-state index is 13.3. The highest BCUT2D eigenvalue weighted by molar-refractivity contribution is 5.95. The zero-order valence-corrected chi connectivity index (χ0v) is 17.6. The van der Waals surface area contributed by atoms with Gasteiger partial charge in [0.1, 0.15) is 6.54 Å². The lowest BCUT2D eigenvalue weighted by molar-refractivity contribution is -0.132. The molecule has 160 valence electrons. The Bertz CT molecular complexity index is 1180. The summed E-state index contributed by atoms with van der Waals surface area (Å²) in [4.78, 5) is 27.8. The SMILES string of the molecule is CNc1ccc(Nc2cccc3ccn(CC(=O)N4CCCCC4)c(=O)c23)cc1C=N. The average molecular weight is 418 g/mol. The molecule has 0 aliphatic carbocycles. The molecule has 1 aliphatic heterocycles. The molecule has 2 heterocycles. The second-order valence-corrected chi connectivity index (χ2v) is 7.78. The molecule has 0 saturated carbocycles. The highest BCUT2D eigenvalue weighted by Gasteiger charge is 2.18. The van der Waals surface area contributed by atoms with Crippen molar-refractivity contribution < 1.29 is 4.79 Å². The molecule has 0 radical (unpaired) electrons. The van der Waals surface area contributed by atoms with Crippen LogP contribution in [-0.4, -0.2) is 41.7 Å². The lowest BCUT2D eigenvalue weighted by Gasteiger charge is -2.27. The second kappa shape index (κ2) is 9.04. The molecule has 1 fully saturated rings. The zero-order valence-electron chi connectivity index (χ0n) is 17.6. The van der Waals surface area contributed by atoms with Crippen LogP contribution >= 0.6 is 0 Å².